The van der Waals surface area contributed by atoms with Crippen molar-refractivity contribution in [3.63, 3.8) is 0 Å². The van der Waals surface area contributed by atoms with E-state index in [-0.39, 0.29) is 0 Å². The van der Waals surface area contributed by atoms with Crippen molar-refractivity contribution in [1.29, 1.82) is 0 Å². The van der Waals surface area contributed by atoms with Crippen LogP contribution in [-0.2, 0) is 6.54 Å². The van der Waals surface area contributed by atoms with Gasteiger partial charge in [-0.2, -0.15) is 0 Å². The third-order valence-electron chi connectivity index (χ3n) is 3.15. The molecule has 3 heteroatoms. The number of hydrogen-bond donors (Lipinski definition) is 2. The summed E-state index contributed by atoms with van der Waals surface area (Å²) >= 11 is 1.89. The first-order chi connectivity index (χ1) is 7.25. The Morgan fingerprint density at radius 2 is 2.40 bits per heavy atom. The molecule has 1 aromatic rings. The maximum atomic E-state index is 3.54. The van der Waals surface area contributed by atoms with Crippen molar-refractivity contribution in [1.82, 2.24) is 10.6 Å². The van der Waals surface area contributed by atoms with Gasteiger partial charge in [-0.3, -0.25) is 0 Å². The van der Waals surface area contributed by atoms with Crippen LogP contribution in [0.2, 0.25) is 0 Å². The van der Waals surface area contributed by atoms with Crippen molar-refractivity contribution >= 4 is 11.3 Å². The molecule has 0 aliphatic carbocycles. The second kappa shape index (κ2) is 5.10. The Kier molecular flexibility index (Phi) is 3.78. The molecule has 2 rings (SSSR count). The molecule has 1 aromatic heterocycles. The molecule has 2 unspecified atom stereocenters. The predicted molar refractivity (Wildman–Crippen MR) is 66.3 cm³/mol. The first-order valence-electron chi connectivity index (χ1n) is 5.75. The van der Waals surface area contributed by atoms with Gasteiger partial charge in [0, 0.05) is 28.9 Å². The van der Waals surface area contributed by atoms with Gasteiger partial charge in [-0.15, -0.1) is 11.3 Å². The normalized spacial score (nSPS) is 26.0. The lowest BCUT2D eigenvalue weighted by Gasteiger charge is -2.15. The lowest BCUT2D eigenvalue weighted by atomic mass is 10.0. The Hall–Kier alpha value is -0.380. The molecule has 1 aliphatic heterocycles. The molecule has 2 N–H and O–H groups in total. The zero-order valence-corrected chi connectivity index (χ0v) is 10.4. The Balaban J connectivity index is 1.70. The van der Waals surface area contributed by atoms with Crippen molar-refractivity contribution in [3.8, 4) is 0 Å². The van der Waals surface area contributed by atoms with Gasteiger partial charge in [0.1, 0.15) is 0 Å². The molecule has 1 saturated heterocycles. The summed E-state index contributed by atoms with van der Waals surface area (Å²) in [6.45, 7) is 7.80. The molecule has 0 radical (unpaired) electrons. The summed E-state index contributed by atoms with van der Waals surface area (Å²) in [4.78, 5) is 2.84. The number of aryl methyl sites for hydroxylation is 1. The van der Waals surface area contributed by atoms with E-state index in [1.807, 2.05) is 11.3 Å². The number of rotatable bonds is 4. The van der Waals surface area contributed by atoms with Crippen LogP contribution in [0.15, 0.2) is 12.1 Å². The van der Waals surface area contributed by atoms with Crippen LogP contribution in [0.5, 0.6) is 0 Å². The fourth-order valence-corrected chi connectivity index (χ4v) is 2.96. The summed E-state index contributed by atoms with van der Waals surface area (Å²) in [5.74, 6) is 0.822. The molecular formula is C12H20N2S. The molecule has 2 nitrogen and oxygen atoms in total. The van der Waals surface area contributed by atoms with E-state index in [4.69, 9.17) is 0 Å². The predicted octanol–water partition coefficient (Wildman–Crippen LogP) is 2.14. The molecule has 2 atom stereocenters. The first-order valence-corrected chi connectivity index (χ1v) is 6.57. The summed E-state index contributed by atoms with van der Waals surface area (Å²) in [6.07, 6.45) is 1.32. The summed E-state index contributed by atoms with van der Waals surface area (Å²) in [5, 5.41) is 7.07. The van der Waals surface area contributed by atoms with E-state index in [9.17, 15) is 0 Å². The summed E-state index contributed by atoms with van der Waals surface area (Å²) in [6, 6.07) is 5.09. The molecule has 1 fully saturated rings. The summed E-state index contributed by atoms with van der Waals surface area (Å²) in [5.41, 5.74) is 0. The molecule has 0 bridgehead atoms. The maximum absolute atomic E-state index is 3.54. The van der Waals surface area contributed by atoms with E-state index in [0.29, 0.717) is 6.04 Å². The standard InChI is InChI=1S/C12H20N2S/c1-9-5-6-14-12(9)8-13-7-11-4-3-10(2)15-11/h3-4,9,12-14H,5-8H2,1-2H3. The summed E-state index contributed by atoms with van der Waals surface area (Å²) < 4.78 is 0. The van der Waals surface area contributed by atoms with Crippen LogP contribution in [-0.4, -0.2) is 19.1 Å². The van der Waals surface area contributed by atoms with Crippen LogP contribution in [0, 0.1) is 12.8 Å². The zero-order valence-electron chi connectivity index (χ0n) is 9.55. The molecule has 84 valence electrons. The van der Waals surface area contributed by atoms with Crippen LogP contribution >= 0.6 is 11.3 Å². The maximum Gasteiger partial charge on any atom is 0.0300 e. The lowest BCUT2D eigenvalue weighted by Crippen LogP contribution is -2.36. The highest BCUT2D eigenvalue weighted by molar-refractivity contribution is 7.11. The van der Waals surface area contributed by atoms with E-state index in [2.05, 4.69) is 36.6 Å². The van der Waals surface area contributed by atoms with Gasteiger partial charge in [0.15, 0.2) is 0 Å². The molecular weight excluding hydrogens is 204 g/mol. The van der Waals surface area contributed by atoms with Crippen LogP contribution in [0.25, 0.3) is 0 Å². The first kappa shape index (κ1) is 11.1. The Morgan fingerprint density at radius 3 is 3.00 bits per heavy atom. The molecule has 0 saturated carbocycles. The fraction of sp³-hybridized carbons (Fsp3) is 0.667. The Labute approximate surface area is 96.1 Å². The minimum Gasteiger partial charge on any atom is -0.312 e. The van der Waals surface area contributed by atoms with Gasteiger partial charge in [-0.05, 0) is 37.9 Å². The van der Waals surface area contributed by atoms with Gasteiger partial charge in [0.2, 0.25) is 0 Å². The number of nitrogens with one attached hydrogen (secondary N) is 2. The second-order valence-corrected chi connectivity index (χ2v) is 5.84. The van der Waals surface area contributed by atoms with Gasteiger partial charge < -0.3 is 10.6 Å². The topological polar surface area (TPSA) is 24.1 Å². The average molecular weight is 224 g/mol. The zero-order chi connectivity index (χ0) is 10.7. The fourth-order valence-electron chi connectivity index (χ4n) is 2.10. The average Bonchev–Trinajstić information content (AvgIpc) is 2.77. The molecule has 0 spiro atoms. The highest BCUT2D eigenvalue weighted by Gasteiger charge is 2.21. The van der Waals surface area contributed by atoms with E-state index < -0.39 is 0 Å². The van der Waals surface area contributed by atoms with Gasteiger partial charge in [-0.25, -0.2) is 0 Å². The van der Waals surface area contributed by atoms with E-state index >= 15 is 0 Å². The van der Waals surface area contributed by atoms with Crippen LogP contribution in [0.1, 0.15) is 23.1 Å². The highest BCUT2D eigenvalue weighted by Crippen LogP contribution is 2.16. The monoisotopic (exact) mass is 224 g/mol. The van der Waals surface area contributed by atoms with Crippen molar-refractivity contribution < 1.29 is 0 Å². The third-order valence-corrected chi connectivity index (χ3v) is 4.15. The van der Waals surface area contributed by atoms with Crippen molar-refractivity contribution in [2.45, 2.75) is 32.9 Å². The van der Waals surface area contributed by atoms with Gasteiger partial charge in [-0.1, -0.05) is 6.92 Å². The third kappa shape index (κ3) is 3.03. The Morgan fingerprint density at radius 1 is 1.53 bits per heavy atom. The summed E-state index contributed by atoms with van der Waals surface area (Å²) in [7, 11) is 0. The van der Waals surface area contributed by atoms with E-state index in [1.54, 1.807) is 0 Å². The van der Waals surface area contributed by atoms with Gasteiger partial charge in [0.05, 0.1) is 0 Å². The number of hydrogen-bond acceptors (Lipinski definition) is 3. The number of thiophene rings is 1. The van der Waals surface area contributed by atoms with Crippen LogP contribution in [0.4, 0.5) is 0 Å². The molecule has 0 aromatic carbocycles. The van der Waals surface area contributed by atoms with Crippen LogP contribution < -0.4 is 10.6 Å². The Bertz CT molecular complexity index is 308. The molecule has 0 amide bonds. The smallest absolute Gasteiger partial charge is 0.0300 e. The quantitative estimate of drug-likeness (QED) is 0.819. The van der Waals surface area contributed by atoms with Gasteiger partial charge in [0.25, 0.3) is 0 Å². The largest absolute Gasteiger partial charge is 0.312 e. The van der Waals surface area contributed by atoms with Crippen LogP contribution in [0.3, 0.4) is 0 Å². The van der Waals surface area contributed by atoms with Gasteiger partial charge >= 0.3 is 0 Å². The highest BCUT2D eigenvalue weighted by atomic mass is 32.1. The minimum atomic E-state index is 0.672. The lowest BCUT2D eigenvalue weighted by molar-refractivity contribution is 0.449. The van der Waals surface area contributed by atoms with Crippen molar-refractivity contribution in [2.75, 3.05) is 13.1 Å². The van der Waals surface area contributed by atoms with E-state index in [0.717, 1.165) is 19.0 Å². The van der Waals surface area contributed by atoms with E-state index in [1.165, 1.54) is 22.7 Å². The minimum absolute atomic E-state index is 0.672. The molecule has 2 heterocycles. The molecule has 15 heavy (non-hydrogen) atoms. The SMILES string of the molecule is Cc1ccc(CNCC2NCCC2C)s1. The second-order valence-electron chi connectivity index (χ2n) is 4.47. The van der Waals surface area contributed by atoms with Crippen molar-refractivity contribution in [2.24, 2.45) is 5.92 Å². The van der Waals surface area contributed by atoms with Crippen molar-refractivity contribution in [3.05, 3.63) is 21.9 Å². The molecule has 1 aliphatic rings.